The number of hydrogen-bond acceptors (Lipinski definition) is 8. The molecule has 0 aromatic heterocycles. The summed E-state index contributed by atoms with van der Waals surface area (Å²) in [5, 5.41) is 23.8. The van der Waals surface area contributed by atoms with Crippen LogP contribution in [0.15, 0.2) is 60.7 Å². The normalized spacial score (nSPS) is 25.0. The van der Waals surface area contributed by atoms with Crippen LogP contribution in [0.2, 0.25) is 0 Å². The smallest absolute Gasteiger partial charge is 0.407 e. The minimum absolute atomic E-state index is 0.0313. The van der Waals surface area contributed by atoms with Crippen LogP contribution in [0, 0.1) is 0 Å². The van der Waals surface area contributed by atoms with E-state index in [1.54, 1.807) is 12.1 Å². The summed E-state index contributed by atoms with van der Waals surface area (Å²) in [6.07, 6.45) is -5.71. The predicted octanol–water partition coefficient (Wildman–Crippen LogP) is 1.51. The van der Waals surface area contributed by atoms with Crippen molar-refractivity contribution in [1.29, 1.82) is 0 Å². The van der Waals surface area contributed by atoms with Gasteiger partial charge >= 0.3 is 12.1 Å². The highest BCUT2D eigenvalue weighted by atomic mass is 16.6. The lowest BCUT2D eigenvalue weighted by Gasteiger charge is -2.42. The molecule has 2 unspecified atom stereocenters. The van der Waals surface area contributed by atoms with Gasteiger partial charge in [-0.15, -0.1) is 0 Å². The number of carbonyl (C=O) groups excluding carboxylic acids is 2. The Bertz CT molecular complexity index is 863. The van der Waals surface area contributed by atoms with Gasteiger partial charge in [-0.25, -0.2) is 4.79 Å². The standard InChI is InChI=1S/C23H27NO8/c1-15(25)29-14-18-20(26)21(30-12-16-8-4-2-5-9-16)19(22(27)32-18)24-23(28)31-13-17-10-6-3-7-11-17/h2-11,18-22,26-27H,12-14H2,1H3,(H,24,28)/t18-,19-,20?,21?,22-/m1/s1. The van der Waals surface area contributed by atoms with Crippen LogP contribution in [0.4, 0.5) is 4.79 Å². The zero-order valence-electron chi connectivity index (χ0n) is 17.6. The molecular weight excluding hydrogens is 418 g/mol. The molecule has 32 heavy (non-hydrogen) atoms. The molecule has 172 valence electrons. The average molecular weight is 445 g/mol. The van der Waals surface area contributed by atoms with Crippen LogP contribution in [0.5, 0.6) is 0 Å². The first-order valence-electron chi connectivity index (χ1n) is 10.2. The average Bonchev–Trinajstić information content (AvgIpc) is 2.80. The lowest BCUT2D eigenvalue weighted by molar-refractivity contribution is -0.264. The monoisotopic (exact) mass is 445 g/mol. The molecule has 5 atom stereocenters. The summed E-state index contributed by atoms with van der Waals surface area (Å²) in [5.74, 6) is -0.554. The maximum atomic E-state index is 12.3. The molecule has 0 bridgehead atoms. The summed E-state index contributed by atoms with van der Waals surface area (Å²) in [6, 6.07) is 17.2. The number of aliphatic hydroxyl groups is 2. The molecule has 3 N–H and O–H groups in total. The van der Waals surface area contributed by atoms with Crippen LogP contribution in [-0.4, -0.2) is 59.5 Å². The van der Waals surface area contributed by atoms with Gasteiger partial charge < -0.3 is 34.5 Å². The maximum absolute atomic E-state index is 12.3. The predicted molar refractivity (Wildman–Crippen MR) is 112 cm³/mol. The summed E-state index contributed by atoms with van der Waals surface area (Å²) >= 11 is 0. The van der Waals surface area contributed by atoms with Crippen molar-refractivity contribution in [1.82, 2.24) is 5.32 Å². The van der Waals surface area contributed by atoms with Gasteiger partial charge in [0.15, 0.2) is 6.29 Å². The Kier molecular flexibility index (Phi) is 8.57. The second kappa shape index (κ2) is 11.6. The van der Waals surface area contributed by atoms with Crippen LogP contribution >= 0.6 is 0 Å². The van der Waals surface area contributed by atoms with Gasteiger partial charge in [-0.1, -0.05) is 60.7 Å². The van der Waals surface area contributed by atoms with E-state index >= 15 is 0 Å². The number of amides is 1. The van der Waals surface area contributed by atoms with Gasteiger partial charge in [0, 0.05) is 6.92 Å². The van der Waals surface area contributed by atoms with E-state index in [-0.39, 0.29) is 19.8 Å². The molecule has 9 nitrogen and oxygen atoms in total. The zero-order chi connectivity index (χ0) is 22.9. The Morgan fingerprint density at radius 2 is 1.53 bits per heavy atom. The third-order valence-electron chi connectivity index (χ3n) is 4.93. The van der Waals surface area contributed by atoms with E-state index in [4.69, 9.17) is 18.9 Å². The van der Waals surface area contributed by atoms with E-state index in [1.807, 2.05) is 48.5 Å². The highest BCUT2D eigenvalue weighted by Gasteiger charge is 2.46. The molecule has 1 fully saturated rings. The fraction of sp³-hybridized carbons (Fsp3) is 0.391. The van der Waals surface area contributed by atoms with Gasteiger partial charge in [0.1, 0.15) is 37.6 Å². The van der Waals surface area contributed by atoms with Gasteiger partial charge in [-0.3, -0.25) is 4.79 Å². The second-order valence-electron chi connectivity index (χ2n) is 7.35. The van der Waals surface area contributed by atoms with Gasteiger partial charge in [0.2, 0.25) is 0 Å². The summed E-state index contributed by atoms with van der Waals surface area (Å²) < 4.78 is 21.4. The van der Waals surface area contributed by atoms with Crippen molar-refractivity contribution in [2.75, 3.05) is 6.61 Å². The topological polar surface area (TPSA) is 124 Å². The van der Waals surface area contributed by atoms with Gasteiger partial charge in [-0.05, 0) is 11.1 Å². The number of nitrogens with one attached hydrogen (secondary N) is 1. The summed E-state index contributed by atoms with van der Waals surface area (Å²) in [7, 11) is 0. The molecule has 0 aliphatic carbocycles. The van der Waals surface area contributed by atoms with Crippen molar-refractivity contribution in [2.24, 2.45) is 0 Å². The van der Waals surface area contributed by atoms with E-state index in [1.165, 1.54) is 6.92 Å². The fourth-order valence-electron chi connectivity index (χ4n) is 3.29. The highest BCUT2D eigenvalue weighted by molar-refractivity contribution is 5.68. The van der Waals surface area contributed by atoms with Crippen molar-refractivity contribution >= 4 is 12.1 Å². The number of aliphatic hydroxyl groups excluding tert-OH is 2. The van der Waals surface area contributed by atoms with Crippen LogP contribution in [0.25, 0.3) is 0 Å². The molecule has 2 aromatic rings. The highest BCUT2D eigenvalue weighted by Crippen LogP contribution is 2.24. The Hall–Kier alpha value is -2.98. The van der Waals surface area contributed by atoms with Crippen molar-refractivity contribution in [2.45, 2.75) is 50.8 Å². The van der Waals surface area contributed by atoms with Crippen LogP contribution in [-0.2, 0) is 37.0 Å². The third-order valence-corrected chi connectivity index (χ3v) is 4.93. The number of rotatable bonds is 8. The largest absolute Gasteiger partial charge is 0.463 e. The SMILES string of the molecule is CC(=O)OC[C@H]1O[C@@H](O)[C@H](NC(=O)OCc2ccccc2)C(OCc2ccccc2)C1O. The number of hydrogen-bond donors (Lipinski definition) is 3. The Balaban J connectivity index is 1.67. The van der Waals surface area contributed by atoms with E-state index in [0.29, 0.717) is 0 Å². The molecule has 1 aliphatic rings. The van der Waals surface area contributed by atoms with Crippen molar-refractivity contribution in [3.63, 3.8) is 0 Å². The van der Waals surface area contributed by atoms with Crippen molar-refractivity contribution in [3.8, 4) is 0 Å². The molecule has 9 heteroatoms. The fourth-order valence-corrected chi connectivity index (χ4v) is 3.29. The number of carbonyl (C=O) groups is 2. The minimum atomic E-state index is -1.52. The Labute approximate surface area is 185 Å². The molecule has 1 heterocycles. The lowest BCUT2D eigenvalue weighted by atomic mass is 9.96. The Morgan fingerprint density at radius 3 is 2.12 bits per heavy atom. The first-order chi connectivity index (χ1) is 15.4. The van der Waals surface area contributed by atoms with Crippen molar-refractivity contribution < 1.29 is 38.7 Å². The van der Waals surface area contributed by atoms with E-state index in [2.05, 4.69) is 5.32 Å². The van der Waals surface area contributed by atoms with Crippen LogP contribution < -0.4 is 5.32 Å². The first-order valence-corrected chi connectivity index (χ1v) is 10.2. The molecule has 1 aliphatic heterocycles. The van der Waals surface area contributed by atoms with Gasteiger partial charge in [0.05, 0.1) is 6.61 Å². The number of ether oxygens (including phenoxy) is 4. The zero-order valence-corrected chi connectivity index (χ0v) is 17.6. The van der Waals surface area contributed by atoms with Gasteiger partial charge in [-0.2, -0.15) is 0 Å². The minimum Gasteiger partial charge on any atom is -0.463 e. The van der Waals surface area contributed by atoms with E-state index in [9.17, 15) is 19.8 Å². The van der Waals surface area contributed by atoms with Gasteiger partial charge in [0.25, 0.3) is 0 Å². The molecule has 0 spiro atoms. The molecule has 1 amide bonds. The van der Waals surface area contributed by atoms with E-state index < -0.39 is 42.7 Å². The van der Waals surface area contributed by atoms with Crippen molar-refractivity contribution in [3.05, 3.63) is 71.8 Å². The first kappa shape index (κ1) is 23.7. The summed E-state index contributed by atoms with van der Waals surface area (Å²) in [6.45, 7) is 1.10. The maximum Gasteiger partial charge on any atom is 0.407 e. The molecule has 1 saturated heterocycles. The number of alkyl carbamates (subject to hydrolysis) is 1. The lowest BCUT2D eigenvalue weighted by Crippen LogP contribution is -2.65. The number of esters is 1. The van der Waals surface area contributed by atoms with Crippen LogP contribution in [0.1, 0.15) is 18.1 Å². The van der Waals surface area contributed by atoms with Crippen LogP contribution in [0.3, 0.4) is 0 Å². The van der Waals surface area contributed by atoms with E-state index in [0.717, 1.165) is 11.1 Å². The molecule has 2 aromatic carbocycles. The summed E-state index contributed by atoms with van der Waals surface area (Å²) in [5.41, 5.74) is 1.63. The number of benzene rings is 2. The molecule has 3 rings (SSSR count). The Morgan fingerprint density at radius 1 is 0.938 bits per heavy atom. The second-order valence-corrected chi connectivity index (χ2v) is 7.35. The quantitative estimate of drug-likeness (QED) is 0.523. The summed E-state index contributed by atoms with van der Waals surface area (Å²) in [4.78, 5) is 23.5. The molecule has 0 saturated carbocycles. The third kappa shape index (κ3) is 6.76. The molecular formula is C23H27NO8. The molecule has 0 radical (unpaired) electrons.